The standard InChI is InChI=1S/C24H26N2/c1-17-15-24(2,3)26(4)23-12-9-18(13-22(17)23)16-25-21-11-10-19-7-5-6-8-20(19)14-21/h5-14,16-17H,15H2,1-4H3. The van der Waals surface area contributed by atoms with Gasteiger partial charge in [0.05, 0.1) is 5.69 Å². The van der Waals surface area contributed by atoms with Crippen LogP contribution in [0.1, 0.15) is 44.2 Å². The number of benzene rings is 3. The van der Waals surface area contributed by atoms with E-state index < -0.39 is 0 Å². The van der Waals surface area contributed by atoms with Gasteiger partial charge in [-0.3, -0.25) is 4.99 Å². The average molecular weight is 342 g/mol. The number of aliphatic imine (C=N–C) groups is 1. The summed E-state index contributed by atoms with van der Waals surface area (Å²) in [6.45, 7) is 6.97. The maximum absolute atomic E-state index is 4.71. The van der Waals surface area contributed by atoms with Crippen molar-refractivity contribution in [3.05, 3.63) is 71.8 Å². The van der Waals surface area contributed by atoms with Gasteiger partial charge in [0.2, 0.25) is 0 Å². The van der Waals surface area contributed by atoms with E-state index >= 15 is 0 Å². The van der Waals surface area contributed by atoms with Gasteiger partial charge in [0.25, 0.3) is 0 Å². The van der Waals surface area contributed by atoms with Crippen LogP contribution in [0.5, 0.6) is 0 Å². The van der Waals surface area contributed by atoms with Gasteiger partial charge in [-0.25, -0.2) is 0 Å². The summed E-state index contributed by atoms with van der Waals surface area (Å²) in [7, 11) is 2.20. The fraction of sp³-hybridized carbons (Fsp3) is 0.292. The summed E-state index contributed by atoms with van der Waals surface area (Å²) in [5.74, 6) is 0.560. The zero-order chi connectivity index (χ0) is 18.3. The average Bonchev–Trinajstić information content (AvgIpc) is 2.64. The maximum Gasteiger partial charge on any atom is 0.0636 e. The molecule has 0 fully saturated rings. The van der Waals surface area contributed by atoms with Gasteiger partial charge in [-0.05, 0) is 72.4 Å². The molecule has 3 aromatic carbocycles. The fourth-order valence-electron chi connectivity index (χ4n) is 4.08. The lowest BCUT2D eigenvalue weighted by atomic mass is 9.80. The first kappa shape index (κ1) is 16.8. The number of rotatable bonds is 2. The first-order valence-electron chi connectivity index (χ1n) is 9.35. The van der Waals surface area contributed by atoms with Crippen LogP contribution in [0.4, 0.5) is 11.4 Å². The monoisotopic (exact) mass is 342 g/mol. The molecule has 0 aromatic heterocycles. The summed E-state index contributed by atoms with van der Waals surface area (Å²) in [6.07, 6.45) is 3.15. The van der Waals surface area contributed by atoms with E-state index in [0.29, 0.717) is 5.92 Å². The molecule has 0 saturated carbocycles. The van der Waals surface area contributed by atoms with Crippen LogP contribution in [0.3, 0.4) is 0 Å². The van der Waals surface area contributed by atoms with E-state index in [1.165, 1.54) is 28.4 Å². The molecule has 0 N–H and O–H groups in total. The predicted octanol–water partition coefficient (Wildman–Crippen LogP) is 6.31. The van der Waals surface area contributed by atoms with E-state index in [1.54, 1.807) is 0 Å². The van der Waals surface area contributed by atoms with Crippen molar-refractivity contribution in [3.63, 3.8) is 0 Å². The zero-order valence-corrected chi connectivity index (χ0v) is 16.0. The lowest BCUT2D eigenvalue weighted by Gasteiger charge is -2.45. The van der Waals surface area contributed by atoms with Crippen molar-refractivity contribution in [2.75, 3.05) is 11.9 Å². The molecule has 1 unspecified atom stereocenters. The van der Waals surface area contributed by atoms with E-state index in [2.05, 4.69) is 93.4 Å². The number of anilines is 1. The summed E-state index contributed by atoms with van der Waals surface area (Å²) >= 11 is 0. The summed E-state index contributed by atoms with van der Waals surface area (Å²) in [5.41, 5.74) is 5.13. The molecule has 26 heavy (non-hydrogen) atoms. The van der Waals surface area contributed by atoms with Crippen molar-refractivity contribution in [1.29, 1.82) is 0 Å². The first-order chi connectivity index (χ1) is 12.4. The minimum Gasteiger partial charge on any atom is -0.369 e. The van der Waals surface area contributed by atoms with E-state index in [1.807, 2.05) is 6.21 Å². The van der Waals surface area contributed by atoms with Gasteiger partial charge >= 0.3 is 0 Å². The minimum absolute atomic E-state index is 0.202. The van der Waals surface area contributed by atoms with Crippen molar-refractivity contribution >= 4 is 28.4 Å². The van der Waals surface area contributed by atoms with E-state index in [9.17, 15) is 0 Å². The second kappa shape index (κ2) is 6.28. The Morgan fingerprint density at radius 2 is 1.77 bits per heavy atom. The normalized spacial score (nSPS) is 19.1. The Bertz CT molecular complexity index is 984. The highest BCUT2D eigenvalue weighted by Gasteiger charge is 2.33. The second-order valence-corrected chi connectivity index (χ2v) is 8.08. The van der Waals surface area contributed by atoms with Crippen molar-refractivity contribution in [3.8, 4) is 0 Å². The molecule has 2 nitrogen and oxygen atoms in total. The molecular formula is C24H26N2. The number of hydrogen-bond acceptors (Lipinski definition) is 2. The summed E-state index contributed by atoms with van der Waals surface area (Å²) < 4.78 is 0. The van der Waals surface area contributed by atoms with Gasteiger partial charge in [-0.2, -0.15) is 0 Å². The van der Waals surface area contributed by atoms with Crippen molar-refractivity contribution in [2.24, 2.45) is 4.99 Å². The highest BCUT2D eigenvalue weighted by molar-refractivity contribution is 5.88. The van der Waals surface area contributed by atoms with Gasteiger partial charge in [-0.15, -0.1) is 0 Å². The molecule has 0 aliphatic carbocycles. The van der Waals surface area contributed by atoms with Crippen LogP contribution in [-0.2, 0) is 0 Å². The SMILES string of the molecule is CC1CC(C)(C)N(C)c2ccc(C=Nc3ccc4ccccc4c3)cc21. The maximum atomic E-state index is 4.71. The minimum atomic E-state index is 0.202. The van der Waals surface area contributed by atoms with Gasteiger partial charge in [0.15, 0.2) is 0 Å². The second-order valence-electron chi connectivity index (χ2n) is 8.08. The number of hydrogen-bond donors (Lipinski definition) is 0. The van der Waals surface area contributed by atoms with Gasteiger partial charge < -0.3 is 4.90 Å². The quantitative estimate of drug-likeness (QED) is 0.498. The van der Waals surface area contributed by atoms with E-state index in [4.69, 9.17) is 4.99 Å². The number of fused-ring (bicyclic) bond motifs is 2. The molecule has 4 rings (SSSR count). The van der Waals surface area contributed by atoms with Crippen molar-refractivity contribution < 1.29 is 0 Å². The molecule has 0 amide bonds. The summed E-state index contributed by atoms with van der Waals surface area (Å²) in [6, 6.07) is 21.5. The smallest absolute Gasteiger partial charge is 0.0636 e. The molecule has 1 aliphatic heterocycles. The molecule has 3 aromatic rings. The largest absolute Gasteiger partial charge is 0.369 e. The fourth-order valence-corrected chi connectivity index (χ4v) is 4.08. The third-order valence-corrected chi connectivity index (χ3v) is 5.75. The Balaban J connectivity index is 1.64. The van der Waals surface area contributed by atoms with E-state index in [-0.39, 0.29) is 5.54 Å². The molecule has 1 atom stereocenters. The lowest BCUT2D eigenvalue weighted by Crippen LogP contribution is -2.45. The molecule has 0 bridgehead atoms. The van der Waals surface area contributed by atoms with Crippen LogP contribution in [-0.4, -0.2) is 18.8 Å². The Labute approximate surface area is 156 Å². The van der Waals surface area contributed by atoms with Crippen LogP contribution in [0.15, 0.2) is 65.7 Å². The van der Waals surface area contributed by atoms with Crippen LogP contribution in [0, 0.1) is 0 Å². The summed E-state index contributed by atoms with van der Waals surface area (Å²) in [4.78, 5) is 7.12. The lowest BCUT2D eigenvalue weighted by molar-refractivity contribution is 0.395. The Morgan fingerprint density at radius 3 is 2.58 bits per heavy atom. The molecular weight excluding hydrogens is 316 g/mol. The topological polar surface area (TPSA) is 15.6 Å². The van der Waals surface area contributed by atoms with Gasteiger partial charge in [0.1, 0.15) is 0 Å². The van der Waals surface area contributed by atoms with Crippen LogP contribution >= 0.6 is 0 Å². The molecule has 0 saturated heterocycles. The van der Waals surface area contributed by atoms with Crippen LogP contribution < -0.4 is 4.90 Å². The van der Waals surface area contributed by atoms with E-state index in [0.717, 1.165) is 11.3 Å². The molecule has 2 heteroatoms. The zero-order valence-electron chi connectivity index (χ0n) is 16.0. The van der Waals surface area contributed by atoms with Crippen molar-refractivity contribution in [2.45, 2.75) is 38.6 Å². The Kier molecular flexibility index (Phi) is 4.07. The van der Waals surface area contributed by atoms with Crippen LogP contribution in [0.2, 0.25) is 0 Å². The molecule has 132 valence electrons. The summed E-state index contributed by atoms with van der Waals surface area (Å²) in [5, 5.41) is 2.48. The highest BCUT2D eigenvalue weighted by atomic mass is 15.2. The van der Waals surface area contributed by atoms with Crippen LogP contribution in [0.25, 0.3) is 10.8 Å². The van der Waals surface area contributed by atoms with Crippen molar-refractivity contribution in [1.82, 2.24) is 0 Å². The molecule has 1 aliphatic rings. The predicted molar refractivity (Wildman–Crippen MR) is 113 cm³/mol. The Hall–Kier alpha value is -2.61. The Morgan fingerprint density at radius 1 is 1.00 bits per heavy atom. The third-order valence-electron chi connectivity index (χ3n) is 5.75. The molecule has 0 radical (unpaired) electrons. The van der Waals surface area contributed by atoms with Gasteiger partial charge in [0, 0.05) is 24.5 Å². The highest BCUT2D eigenvalue weighted by Crippen LogP contribution is 2.42. The number of nitrogens with zero attached hydrogens (tertiary/aromatic N) is 2. The third kappa shape index (κ3) is 3.01. The van der Waals surface area contributed by atoms with Gasteiger partial charge in [-0.1, -0.05) is 43.3 Å². The first-order valence-corrected chi connectivity index (χ1v) is 9.35. The molecule has 0 spiro atoms. The molecule has 1 heterocycles.